The van der Waals surface area contributed by atoms with Gasteiger partial charge in [0, 0.05) is 24.1 Å². The topological polar surface area (TPSA) is 45.2 Å². The summed E-state index contributed by atoms with van der Waals surface area (Å²) in [6.45, 7) is 5.82. The number of nitrogens with zero attached hydrogens (tertiary/aromatic N) is 1. The fraction of sp³-hybridized carbons (Fsp3) is 0.667. The molecule has 1 heterocycles. The quantitative estimate of drug-likeness (QED) is 0.679. The fourth-order valence-electron chi connectivity index (χ4n) is 2.05. The lowest BCUT2D eigenvalue weighted by molar-refractivity contribution is 0.455. The van der Waals surface area contributed by atoms with Gasteiger partial charge in [-0.3, -0.25) is 4.98 Å². The second-order valence-corrected chi connectivity index (χ2v) is 5.73. The molecule has 0 saturated carbocycles. The number of hydrogen-bond acceptors (Lipinski definition) is 4. The lowest BCUT2D eigenvalue weighted by atomic mass is 10.1. The molecular formula is C15H26N2OS. The van der Waals surface area contributed by atoms with Crippen molar-refractivity contribution in [1.29, 1.82) is 0 Å². The Morgan fingerprint density at radius 1 is 1.32 bits per heavy atom. The van der Waals surface area contributed by atoms with Crippen molar-refractivity contribution in [3.05, 3.63) is 23.0 Å². The lowest BCUT2D eigenvalue weighted by Gasteiger charge is -2.13. The average Bonchev–Trinajstić information content (AvgIpc) is 2.41. The SMILES string of the molecule is CCCCCCNCc1c(CSC)cnc(C)c1O. The Morgan fingerprint density at radius 3 is 2.79 bits per heavy atom. The summed E-state index contributed by atoms with van der Waals surface area (Å²) in [6.07, 6.45) is 9.01. The smallest absolute Gasteiger partial charge is 0.141 e. The first-order valence-electron chi connectivity index (χ1n) is 7.06. The van der Waals surface area contributed by atoms with Crippen LogP contribution in [0.2, 0.25) is 0 Å². The summed E-state index contributed by atoms with van der Waals surface area (Å²) in [5.74, 6) is 1.25. The normalized spacial score (nSPS) is 10.9. The number of rotatable bonds is 9. The van der Waals surface area contributed by atoms with Crippen molar-refractivity contribution in [1.82, 2.24) is 10.3 Å². The van der Waals surface area contributed by atoms with Gasteiger partial charge in [-0.2, -0.15) is 11.8 Å². The van der Waals surface area contributed by atoms with Crippen LogP contribution in [0.3, 0.4) is 0 Å². The maximum atomic E-state index is 10.1. The molecule has 0 bridgehead atoms. The van der Waals surface area contributed by atoms with Crippen LogP contribution in [-0.2, 0) is 12.3 Å². The van der Waals surface area contributed by atoms with E-state index in [4.69, 9.17) is 0 Å². The molecule has 0 saturated heterocycles. The molecule has 0 aliphatic rings. The molecule has 0 amide bonds. The summed E-state index contributed by atoms with van der Waals surface area (Å²) in [7, 11) is 0. The molecule has 0 aromatic carbocycles. The number of thioether (sulfide) groups is 1. The van der Waals surface area contributed by atoms with E-state index >= 15 is 0 Å². The third kappa shape index (κ3) is 5.41. The third-order valence-electron chi connectivity index (χ3n) is 3.24. The predicted molar refractivity (Wildman–Crippen MR) is 83.7 cm³/mol. The number of pyridine rings is 1. The molecule has 4 heteroatoms. The van der Waals surface area contributed by atoms with E-state index in [1.807, 2.05) is 13.1 Å². The van der Waals surface area contributed by atoms with E-state index in [1.54, 1.807) is 11.8 Å². The van der Waals surface area contributed by atoms with E-state index in [9.17, 15) is 5.11 Å². The predicted octanol–water partition coefficient (Wildman–Crippen LogP) is 3.63. The first-order chi connectivity index (χ1) is 9.20. The third-order valence-corrected chi connectivity index (χ3v) is 3.84. The average molecular weight is 282 g/mol. The van der Waals surface area contributed by atoms with Gasteiger partial charge < -0.3 is 10.4 Å². The zero-order valence-electron chi connectivity index (χ0n) is 12.3. The number of aromatic hydroxyl groups is 1. The van der Waals surface area contributed by atoms with Crippen molar-refractivity contribution < 1.29 is 5.11 Å². The van der Waals surface area contributed by atoms with Crippen LogP contribution < -0.4 is 5.32 Å². The summed E-state index contributed by atoms with van der Waals surface area (Å²) in [5, 5.41) is 13.6. The number of hydrogen-bond donors (Lipinski definition) is 2. The van der Waals surface area contributed by atoms with Gasteiger partial charge in [0.15, 0.2) is 0 Å². The zero-order chi connectivity index (χ0) is 14.1. The molecule has 0 spiro atoms. The minimum Gasteiger partial charge on any atom is -0.506 e. The van der Waals surface area contributed by atoms with Crippen molar-refractivity contribution in [3.63, 3.8) is 0 Å². The van der Waals surface area contributed by atoms with Crippen LogP contribution in [0.1, 0.15) is 49.4 Å². The van der Waals surface area contributed by atoms with E-state index in [0.29, 0.717) is 11.4 Å². The Balaban J connectivity index is 2.53. The van der Waals surface area contributed by atoms with Crippen LogP contribution in [0.5, 0.6) is 5.75 Å². The first kappa shape index (κ1) is 16.3. The summed E-state index contributed by atoms with van der Waals surface area (Å²) in [5.41, 5.74) is 2.86. The van der Waals surface area contributed by atoms with Crippen LogP contribution in [0.15, 0.2) is 6.20 Å². The summed E-state index contributed by atoms with van der Waals surface area (Å²) in [6, 6.07) is 0. The fourth-order valence-corrected chi connectivity index (χ4v) is 2.61. The largest absolute Gasteiger partial charge is 0.506 e. The molecule has 0 atom stereocenters. The molecule has 3 nitrogen and oxygen atoms in total. The highest BCUT2D eigenvalue weighted by Gasteiger charge is 2.10. The van der Waals surface area contributed by atoms with Crippen LogP contribution in [0.4, 0.5) is 0 Å². The van der Waals surface area contributed by atoms with Gasteiger partial charge in [-0.05, 0) is 31.7 Å². The lowest BCUT2D eigenvalue weighted by Crippen LogP contribution is -2.16. The minimum absolute atomic E-state index is 0.354. The Kier molecular flexibility index (Phi) is 7.91. The summed E-state index contributed by atoms with van der Waals surface area (Å²) < 4.78 is 0. The molecule has 0 aliphatic heterocycles. The van der Waals surface area contributed by atoms with Crippen molar-refractivity contribution in [2.75, 3.05) is 12.8 Å². The van der Waals surface area contributed by atoms with E-state index < -0.39 is 0 Å². The Morgan fingerprint density at radius 2 is 2.11 bits per heavy atom. The number of unbranched alkanes of at least 4 members (excludes halogenated alkanes) is 3. The Hall–Kier alpha value is -0.740. The van der Waals surface area contributed by atoms with Gasteiger partial charge in [-0.25, -0.2) is 0 Å². The van der Waals surface area contributed by atoms with Gasteiger partial charge in [0.2, 0.25) is 0 Å². The maximum absolute atomic E-state index is 10.1. The molecule has 1 rings (SSSR count). The zero-order valence-corrected chi connectivity index (χ0v) is 13.1. The molecule has 108 valence electrons. The molecule has 2 N–H and O–H groups in total. The first-order valence-corrected chi connectivity index (χ1v) is 8.46. The number of nitrogens with one attached hydrogen (secondary N) is 1. The highest BCUT2D eigenvalue weighted by atomic mass is 32.2. The molecule has 0 unspecified atom stereocenters. The molecule has 0 radical (unpaired) electrons. The number of aromatic nitrogens is 1. The second kappa shape index (κ2) is 9.21. The highest BCUT2D eigenvalue weighted by molar-refractivity contribution is 7.97. The van der Waals surface area contributed by atoms with Gasteiger partial charge in [0.1, 0.15) is 5.75 Å². The van der Waals surface area contributed by atoms with Crippen LogP contribution in [-0.4, -0.2) is 22.9 Å². The standard InChI is InChI=1S/C15H26N2OS/c1-4-5-6-7-8-16-10-14-13(11-19-3)9-17-12(2)15(14)18/h9,16,18H,4-8,10-11H2,1-3H3. The second-order valence-electron chi connectivity index (χ2n) is 4.87. The van der Waals surface area contributed by atoms with E-state index in [1.165, 1.54) is 25.7 Å². The molecule has 0 fully saturated rings. The molecule has 1 aromatic heterocycles. The van der Waals surface area contributed by atoms with Crippen LogP contribution in [0.25, 0.3) is 0 Å². The van der Waals surface area contributed by atoms with Crippen molar-refractivity contribution in [2.24, 2.45) is 0 Å². The monoisotopic (exact) mass is 282 g/mol. The Bertz CT molecular complexity index is 383. The molecular weight excluding hydrogens is 256 g/mol. The molecule has 0 aliphatic carbocycles. The van der Waals surface area contributed by atoms with Crippen LogP contribution in [0, 0.1) is 6.92 Å². The minimum atomic E-state index is 0.354. The number of aryl methyl sites for hydroxylation is 1. The van der Waals surface area contributed by atoms with Gasteiger partial charge >= 0.3 is 0 Å². The van der Waals surface area contributed by atoms with E-state index in [-0.39, 0.29) is 0 Å². The molecule has 19 heavy (non-hydrogen) atoms. The van der Waals surface area contributed by atoms with Crippen molar-refractivity contribution in [3.8, 4) is 5.75 Å². The van der Waals surface area contributed by atoms with E-state index in [2.05, 4.69) is 23.5 Å². The highest BCUT2D eigenvalue weighted by Crippen LogP contribution is 2.25. The van der Waals surface area contributed by atoms with E-state index in [0.717, 1.165) is 30.0 Å². The molecule has 1 aromatic rings. The summed E-state index contributed by atoms with van der Waals surface area (Å²) in [4.78, 5) is 4.24. The van der Waals surface area contributed by atoms with Crippen molar-refractivity contribution in [2.45, 2.75) is 51.8 Å². The van der Waals surface area contributed by atoms with Gasteiger partial charge in [0.05, 0.1) is 5.69 Å². The van der Waals surface area contributed by atoms with Gasteiger partial charge in [-0.1, -0.05) is 26.2 Å². The summed E-state index contributed by atoms with van der Waals surface area (Å²) >= 11 is 1.75. The van der Waals surface area contributed by atoms with Crippen LogP contribution >= 0.6 is 11.8 Å². The van der Waals surface area contributed by atoms with Crippen molar-refractivity contribution >= 4 is 11.8 Å². The van der Waals surface area contributed by atoms with Gasteiger partial charge in [0.25, 0.3) is 0 Å². The maximum Gasteiger partial charge on any atom is 0.141 e. The Labute approximate surface area is 121 Å². The van der Waals surface area contributed by atoms with Gasteiger partial charge in [-0.15, -0.1) is 0 Å².